The first kappa shape index (κ1) is 8.06. The van der Waals surface area contributed by atoms with Crippen LogP contribution in [0.15, 0.2) is 12.1 Å². The van der Waals surface area contributed by atoms with E-state index in [1.165, 1.54) is 19.3 Å². The van der Waals surface area contributed by atoms with Crippen LogP contribution in [-0.4, -0.2) is 16.2 Å². The molecule has 1 aliphatic rings. The number of rotatable bonds is 2. The summed E-state index contributed by atoms with van der Waals surface area (Å²) < 4.78 is 0. The molecule has 0 bridgehead atoms. The van der Waals surface area contributed by atoms with Crippen molar-refractivity contribution in [1.82, 2.24) is 10.2 Å². The number of nitrogens with one attached hydrogen (secondary N) is 1. The van der Waals surface area contributed by atoms with Crippen molar-refractivity contribution in [2.75, 3.05) is 5.32 Å². The Morgan fingerprint density at radius 3 is 2.69 bits per heavy atom. The highest BCUT2D eigenvalue weighted by molar-refractivity contribution is 5.37. The SMILES string of the molecule is C#Cc1ccc(NC2CCC2)nn1. The van der Waals surface area contributed by atoms with Gasteiger partial charge in [-0.3, -0.25) is 0 Å². The van der Waals surface area contributed by atoms with Crippen molar-refractivity contribution < 1.29 is 0 Å². The second-order valence-corrected chi connectivity index (χ2v) is 3.22. The van der Waals surface area contributed by atoms with Crippen LogP contribution in [0.5, 0.6) is 0 Å². The number of terminal acetylenes is 1. The third-order valence-corrected chi connectivity index (χ3v) is 2.27. The number of hydrogen-bond donors (Lipinski definition) is 1. The maximum absolute atomic E-state index is 5.17. The number of hydrogen-bond acceptors (Lipinski definition) is 3. The second kappa shape index (κ2) is 3.44. The van der Waals surface area contributed by atoms with Gasteiger partial charge in [-0.2, -0.15) is 0 Å². The number of nitrogens with zero attached hydrogens (tertiary/aromatic N) is 2. The van der Waals surface area contributed by atoms with Crippen LogP contribution in [0.3, 0.4) is 0 Å². The molecular formula is C10H11N3. The minimum atomic E-state index is 0.583. The van der Waals surface area contributed by atoms with Crippen molar-refractivity contribution in [3.63, 3.8) is 0 Å². The van der Waals surface area contributed by atoms with Gasteiger partial charge in [-0.25, -0.2) is 0 Å². The molecule has 0 aliphatic heterocycles. The van der Waals surface area contributed by atoms with E-state index in [0.717, 1.165) is 5.82 Å². The Morgan fingerprint density at radius 2 is 2.23 bits per heavy atom. The fourth-order valence-corrected chi connectivity index (χ4v) is 1.25. The molecule has 0 spiro atoms. The number of aromatic nitrogens is 2. The van der Waals surface area contributed by atoms with E-state index in [9.17, 15) is 0 Å². The first-order chi connectivity index (χ1) is 6.38. The maximum atomic E-state index is 5.17. The van der Waals surface area contributed by atoms with E-state index in [4.69, 9.17) is 6.42 Å². The fraction of sp³-hybridized carbons (Fsp3) is 0.400. The van der Waals surface area contributed by atoms with Crippen LogP contribution in [0.4, 0.5) is 5.82 Å². The summed E-state index contributed by atoms with van der Waals surface area (Å²) in [4.78, 5) is 0. The average molecular weight is 173 g/mol. The number of anilines is 1. The predicted molar refractivity (Wildman–Crippen MR) is 51.2 cm³/mol. The van der Waals surface area contributed by atoms with E-state index in [1.807, 2.05) is 6.07 Å². The zero-order valence-electron chi connectivity index (χ0n) is 7.33. The smallest absolute Gasteiger partial charge is 0.148 e. The van der Waals surface area contributed by atoms with Crippen LogP contribution in [-0.2, 0) is 0 Å². The molecule has 3 nitrogen and oxygen atoms in total. The highest BCUT2D eigenvalue weighted by Gasteiger charge is 2.17. The fourth-order valence-electron chi connectivity index (χ4n) is 1.25. The molecule has 0 aromatic carbocycles. The van der Waals surface area contributed by atoms with Gasteiger partial charge in [0.15, 0.2) is 0 Å². The maximum Gasteiger partial charge on any atom is 0.148 e. The molecule has 0 atom stereocenters. The van der Waals surface area contributed by atoms with Gasteiger partial charge in [-0.05, 0) is 37.3 Å². The molecule has 1 aliphatic carbocycles. The van der Waals surface area contributed by atoms with Gasteiger partial charge in [0.2, 0.25) is 0 Å². The summed E-state index contributed by atoms with van der Waals surface area (Å²) in [6.07, 6.45) is 8.95. The zero-order valence-corrected chi connectivity index (χ0v) is 7.33. The lowest BCUT2D eigenvalue weighted by Crippen LogP contribution is -2.27. The molecule has 0 amide bonds. The highest BCUT2D eigenvalue weighted by atomic mass is 15.2. The van der Waals surface area contributed by atoms with E-state index >= 15 is 0 Å². The van der Waals surface area contributed by atoms with Crippen LogP contribution in [0.1, 0.15) is 25.0 Å². The Labute approximate surface area is 77.6 Å². The summed E-state index contributed by atoms with van der Waals surface area (Å²) in [5, 5.41) is 11.1. The molecule has 2 rings (SSSR count). The Morgan fingerprint density at radius 1 is 1.38 bits per heavy atom. The van der Waals surface area contributed by atoms with Gasteiger partial charge in [0.25, 0.3) is 0 Å². The van der Waals surface area contributed by atoms with Crippen molar-refractivity contribution in [3.05, 3.63) is 17.8 Å². The van der Waals surface area contributed by atoms with Crippen LogP contribution < -0.4 is 5.32 Å². The zero-order chi connectivity index (χ0) is 9.10. The predicted octanol–water partition coefficient (Wildman–Crippen LogP) is 1.42. The van der Waals surface area contributed by atoms with Gasteiger partial charge in [0.1, 0.15) is 11.5 Å². The largest absolute Gasteiger partial charge is 0.366 e. The lowest BCUT2D eigenvalue weighted by atomic mass is 9.93. The van der Waals surface area contributed by atoms with Crippen molar-refractivity contribution in [2.24, 2.45) is 0 Å². The first-order valence-corrected chi connectivity index (χ1v) is 4.45. The van der Waals surface area contributed by atoms with Gasteiger partial charge in [0, 0.05) is 6.04 Å². The van der Waals surface area contributed by atoms with E-state index in [1.54, 1.807) is 6.07 Å². The average Bonchev–Trinajstić information content (AvgIpc) is 2.12. The van der Waals surface area contributed by atoms with E-state index in [0.29, 0.717) is 11.7 Å². The molecule has 66 valence electrons. The summed E-state index contributed by atoms with van der Waals surface area (Å²) in [6, 6.07) is 4.26. The standard InChI is InChI=1S/C10H11N3/c1-2-8-6-7-10(13-12-8)11-9-4-3-5-9/h1,6-7,9H,3-5H2,(H,11,13). The molecule has 1 aromatic rings. The lowest BCUT2D eigenvalue weighted by Gasteiger charge is -2.26. The summed E-state index contributed by atoms with van der Waals surface area (Å²) in [5.74, 6) is 3.26. The third-order valence-electron chi connectivity index (χ3n) is 2.27. The Kier molecular flexibility index (Phi) is 2.13. The summed E-state index contributed by atoms with van der Waals surface area (Å²) in [5.41, 5.74) is 0.583. The lowest BCUT2D eigenvalue weighted by molar-refractivity contribution is 0.444. The van der Waals surface area contributed by atoms with Gasteiger partial charge in [0.05, 0.1) is 0 Å². The Bertz CT molecular complexity index is 319. The molecule has 0 radical (unpaired) electrons. The molecule has 1 fully saturated rings. The minimum Gasteiger partial charge on any atom is -0.366 e. The Balaban J connectivity index is 2.01. The third kappa shape index (κ3) is 1.78. The quantitative estimate of drug-likeness (QED) is 0.687. The molecule has 1 aromatic heterocycles. The molecule has 0 saturated heterocycles. The minimum absolute atomic E-state index is 0.583. The molecule has 1 N–H and O–H groups in total. The Hall–Kier alpha value is -1.56. The van der Waals surface area contributed by atoms with Gasteiger partial charge in [-0.15, -0.1) is 16.6 Å². The van der Waals surface area contributed by atoms with E-state index in [2.05, 4.69) is 21.4 Å². The second-order valence-electron chi connectivity index (χ2n) is 3.22. The molecule has 0 unspecified atom stereocenters. The van der Waals surface area contributed by atoms with Gasteiger partial charge < -0.3 is 5.32 Å². The van der Waals surface area contributed by atoms with Crippen molar-refractivity contribution in [3.8, 4) is 12.3 Å². The van der Waals surface area contributed by atoms with E-state index < -0.39 is 0 Å². The van der Waals surface area contributed by atoms with Crippen LogP contribution >= 0.6 is 0 Å². The van der Waals surface area contributed by atoms with Crippen molar-refractivity contribution in [1.29, 1.82) is 0 Å². The molecular weight excluding hydrogens is 162 g/mol. The van der Waals surface area contributed by atoms with Crippen LogP contribution in [0.2, 0.25) is 0 Å². The summed E-state index contributed by atoms with van der Waals surface area (Å²) in [7, 11) is 0. The molecule has 1 saturated carbocycles. The molecule has 13 heavy (non-hydrogen) atoms. The topological polar surface area (TPSA) is 37.8 Å². The van der Waals surface area contributed by atoms with Gasteiger partial charge >= 0.3 is 0 Å². The van der Waals surface area contributed by atoms with Crippen LogP contribution in [0.25, 0.3) is 0 Å². The normalized spacial score (nSPS) is 15.9. The van der Waals surface area contributed by atoms with Gasteiger partial charge in [-0.1, -0.05) is 0 Å². The van der Waals surface area contributed by atoms with Crippen molar-refractivity contribution >= 4 is 5.82 Å². The van der Waals surface area contributed by atoms with Crippen LogP contribution in [0, 0.1) is 12.3 Å². The summed E-state index contributed by atoms with van der Waals surface area (Å²) >= 11 is 0. The summed E-state index contributed by atoms with van der Waals surface area (Å²) in [6.45, 7) is 0. The van der Waals surface area contributed by atoms with Crippen molar-refractivity contribution in [2.45, 2.75) is 25.3 Å². The van der Waals surface area contributed by atoms with E-state index in [-0.39, 0.29) is 0 Å². The monoisotopic (exact) mass is 173 g/mol. The first-order valence-electron chi connectivity index (χ1n) is 4.45. The molecule has 3 heteroatoms. The highest BCUT2D eigenvalue weighted by Crippen LogP contribution is 2.21. The molecule has 1 heterocycles.